The molecule has 2 N–H and O–H groups in total. The third-order valence-corrected chi connectivity index (χ3v) is 3.47. The molecule has 0 heterocycles. The minimum Gasteiger partial charge on any atom is -0.493 e. The topological polar surface area (TPSA) is 54.9 Å². The number of halogens is 3. The second-order valence-corrected chi connectivity index (χ2v) is 5.39. The highest BCUT2D eigenvalue weighted by Gasteiger charge is 2.32. The second-order valence-electron chi connectivity index (χ2n) is 4.98. The average Bonchev–Trinajstić information content (AvgIpc) is 2.61. The second kappa shape index (κ2) is 8.52. The highest BCUT2D eigenvalue weighted by Crippen LogP contribution is 2.31. The van der Waals surface area contributed by atoms with Crippen molar-refractivity contribution in [2.24, 2.45) is 5.10 Å². The number of rotatable bonds is 5. The van der Waals surface area contributed by atoms with E-state index in [1.807, 2.05) is 0 Å². The summed E-state index contributed by atoms with van der Waals surface area (Å²) in [6.45, 7) is 0. The Morgan fingerprint density at radius 2 is 1.77 bits per heavy atom. The van der Waals surface area contributed by atoms with Crippen LogP contribution in [0.25, 0.3) is 0 Å². The van der Waals surface area contributed by atoms with Gasteiger partial charge in [-0.25, -0.2) is 0 Å². The molecule has 0 aliphatic heterocycles. The summed E-state index contributed by atoms with van der Waals surface area (Å²) in [6, 6.07) is 10.2. The summed E-state index contributed by atoms with van der Waals surface area (Å²) >= 11 is 5.07. The van der Waals surface area contributed by atoms with Crippen LogP contribution < -0.4 is 20.2 Å². The minimum atomic E-state index is -4.46. The van der Waals surface area contributed by atoms with Crippen molar-refractivity contribution in [3.05, 3.63) is 53.6 Å². The van der Waals surface area contributed by atoms with Crippen LogP contribution in [0.15, 0.2) is 47.6 Å². The smallest absolute Gasteiger partial charge is 0.417 e. The molecular weight excluding hydrogens is 367 g/mol. The van der Waals surface area contributed by atoms with E-state index in [4.69, 9.17) is 21.7 Å². The normalized spacial score (nSPS) is 11.3. The zero-order valence-corrected chi connectivity index (χ0v) is 14.7. The lowest BCUT2D eigenvalue weighted by Gasteiger charge is -2.12. The number of methoxy groups -OCH3 is 2. The number of benzene rings is 2. The molecule has 0 spiro atoms. The summed E-state index contributed by atoms with van der Waals surface area (Å²) in [7, 11) is 3.02. The van der Waals surface area contributed by atoms with Crippen LogP contribution in [-0.2, 0) is 6.18 Å². The predicted molar refractivity (Wildman–Crippen MR) is 97.9 cm³/mol. The van der Waals surface area contributed by atoms with Gasteiger partial charge in [-0.3, -0.25) is 5.43 Å². The molecule has 138 valence electrons. The number of nitrogens with one attached hydrogen (secondary N) is 2. The van der Waals surface area contributed by atoms with E-state index in [1.54, 1.807) is 18.2 Å². The Kier molecular flexibility index (Phi) is 6.40. The van der Waals surface area contributed by atoms with Crippen molar-refractivity contribution in [3.8, 4) is 11.5 Å². The maximum atomic E-state index is 12.9. The Hall–Kier alpha value is -2.81. The zero-order chi connectivity index (χ0) is 19.2. The Morgan fingerprint density at radius 1 is 1.08 bits per heavy atom. The number of thiocarbonyl (C=S) groups is 1. The number of hydrazone groups is 1. The first kappa shape index (κ1) is 19.5. The number of hydrogen-bond acceptors (Lipinski definition) is 4. The van der Waals surface area contributed by atoms with Crippen LogP contribution in [0.3, 0.4) is 0 Å². The average molecular weight is 383 g/mol. The molecule has 0 bridgehead atoms. The van der Waals surface area contributed by atoms with Crippen LogP contribution in [0.5, 0.6) is 11.5 Å². The van der Waals surface area contributed by atoms with E-state index >= 15 is 0 Å². The summed E-state index contributed by atoms with van der Waals surface area (Å²) in [5.41, 5.74) is 2.24. The van der Waals surface area contributed by atoms with E-state index in [2.05, 4.69) is 15.8 Å². The van der Waals surface area contributed by atoms with Crippen molar-refractivity contribution < 1.29 is 22.6 Å². The van der Waals surface area contributed by atoms with Gasteiger partial charge in [0.25, 0.3) is 0 Å². The number of anilines is 1. The van der Waals surface area contributed by atoms with E-state index in [1.165, 1.54) is 32.4 Å². The molecule has 0 fully saturated rings. The molecule has 0 aliphatic rings. The van der Waals surface area contributed by atoms with Crippen molar-refractivity contribution in [1.29, 1.82) is 0 Å². The maximum Gasteiger partial charge on any atom is 0.417 e. The molecule has 0 atom stereocenters. The van der Waals surface area contributed by atoms with Gasteiger partial charge in [-0.1, -0.05) is 18.2 Å². The lowest BCUT2D eigenvalue weighted by Crippen LogP contribution is -2.24. The molecule has 0 saturated heterocycles. The first-order valence-electron chi connectivity index (χ1n) is 7.33. The van der Waals surface area contributed by atoms with Crippen molar-refractivity contribution in [3.63, 3.8) is 0 Å². The van der Waals surface area contributed by atoms with E-state index in [0.717, 1.165) is 12.3 Å². The minimum absolute atomic E-state index is 0.0681. The van der Waals surface area contributed by atoms with Crippen molar-refractivity contribution in [2.75, 3.05) is 19.5 Å². The SMILES string of the molecule is COc1ccc(NC(=S)N/N=C/c2ccccc2C(F)(F)F)cc1OC. The van der Waals surface area contributed by atoms with E-state index in [-0.39, 0.29) is 10.7 Å². The molecular formula is C17H16F3N3O2S. The van der Waals surface area contributed by atoms with Crippen molar-refractivity contribution >= 4 is 29.2 Å². The predicted octanol–water partition coefficient (Wildman–Crippen LogP) is 4.04. The summed E-state index contributed by atoms with van der Waals surface area (Å²) < 4.78 is 49.0. The Bertz CT molecular complexity index is 810. The Labute approximate surface area is 153 Å². The van der Waals surface area contributed by atoms with Crippen LogP contribution in [0.2, 0.25) is 0 Å². The Balaban J connectivity index is 2.03. The van der Waals surface area contributed by atoms with Gasteiger partial charge in [0.2, 0.25) is 0 Å². The molecule has 2 rings (SSSR count). The lowest BCUT2D eigenvalue weighted by atomic mass is 10.1. The fourth-order valence-electron chi connectivity index (χ4n) is 2.10. The summed E-state index contributed by atoms with van der Waals surface area (Å²) in [5, 5.41) is 6.71. The van der Waals surface area contributed by atoms with Crippen LogP contribution in [-0.4, -0.2) is 25.5 Å². The highest BCUT2D eigenvalue weighted by atomic mass is 32.1. The molecule has 9 heteroatoms. The molecule has 0 amide bonds. The van der Waals surface area contributed by atoms with Gasteiger partial charge in [-0.05, 0) is 30.4 Å². The van der Waals surface area contributed by atoms with Gasteiger partial charge in [0, 0.05) is 17.3 Å². The highest BCUT2D eigenvalue weighted by molar-refractivity contribution is 7.80. The van der Waals surface area contributed by atoms with Gasteiger partial charge in [0.15, 0.2) is 16.6 Å². The van der Waals surface area contributed by atoms with E-state index in [0.29, 0.717) is 17.2 Å². The third kappa shape index (κ3) is 5.09. The van der Waals surface area contributed by atoms with E-state index < -0.39 is 11.7 Å². The summed E-state index contributed by atoms with van der Waals surface area (Å²) in [4.78, 5) is 0. The molecule has 5 nitrogen and oxygen atoms in total. The molecule has 0 saturated carbocycles. The van der Waals surface area contributed by atoms with Crippen LogP contribution >= 0.6 is 12.2 Å². The number of ether oxygens (including phenoxy) is 2. The zero-order valence-electron chi connectivity index (χ0n) is 13.9. The third-order valence-electron chi connectivity index (χ3n) is 3.28. The maximum absolute atomic E-state index is 12.9. The monoisotopic (exact) mass is 383 g/mol. The van der Waals surface area contributed by atoms with Gasteiger partial charge in [0.05, 0.1) is 26.0 Å². The molecule has 26 heavy (non-hydrogen) atoms. The summed E-state index contributed by atoms with van der Waals surface area (Å²) in [6.07, 6.45) is -3.40. The number of nitrogens with zero attached hydrogens (tertiary/aromatic N) is 1. The molecule has 2 aromatic carbocycles. The molecule has 0 aromatic heterocycles. The fourth-order valence-corrected chi connectivity index (χ4v) is 2.27. The van der Waals surface area contributed by atoms with Gasteiger partial charge >= 0.3 is 6.18 Å². The van der Waals surface area contributed by atoms with Crippen molar-refractivity contribution in [1.82, 2.24) is 5.43 Å². The van der Waals surface area contributed by atoms with Gasteiger partial charge in [-0.2, -0.15) is 18.3 Å². The standard InChI is InChI=1S/C17H16F3N3O2S/c1-24-14-8-7-12(9-15(14)25-2)22-16(26)23-21-10-11-5-3-4-6-13(11)17(18,19)20/h3-10H,1-2H3,(H2,22,23,26)/b21-10+. The fraction of sp³-hybridized carbons (Fsp3) is 0.176. The lowest BCUT2D eigenvalue weighted by molar-refractivity contribution is -0.137. The van der Waals surface area contributed by atoms with Gasteiger partial charge < -0.3 is 14.8 Å². The van der Waals surface area contributed by atoms with Crippen LogP contribution in [0, 0.1) is 0 Å². The molecule has 0 unspecified atom stereocenters. The number of hydrogen-bond donors (Lipinski definition) is 2. The van der Waals surface area contributed by atoms with Gasteiger partial charge in [-0.15, -0.1) is 0 Å². The number of alkyl halides is 3. The Morgan fingerprint density at radius 3 is 2.42 bits per heavy atom. The van der Waals surface area contributed by atoms with E-state index in [9.17, 15) is 13.2 Å². The van der Waals surface area contributed by atoms with Crippen LogP contribution in [0.4, 0.5) is 18.9 Å². The first-order valence-corrected chi connectivity index (χ1v) is 7.74. The van der Waals surface area contributed by atoms with Crippen LogP contribution in [0.1, 0.15) is 11.1 Å². The molecule has 2 aromatic rings. The largest absolute Gasteiger partial charge is 0.493 e. The quantitative estimate of drug-likeness (QED) is 0.464. The summed E-state index contributed by atoms with van der Waals surface area (Å²) in [5.74, 6) is 1.06. The van der Waals surface area contributed by atoms with Gasteiger partial charge in [0.1, 0.15) is 0 Å². The first-order chi connectivity index (χ1) is 12.3. The van der Waals surface area contributed by atoms with Crippen molar-refractivity contribution in [2.45, 2.75) is 6.18 Å². The molecule has 0 radical (unpaired) electrons. The molecule has 0 aliphatic carbocycles.